The van der Waals surface area contributed by atoms with Crippen LogP contribution in [0.4, 0.5) is 5.69 Å². The summed E-state index contributed by atoms with van der Waals surface area (Å²) < 4.78 is 0. The molecule has 1 aliphatic carbocycles. The van der Waals surface area contributed by atoms with Crippen molar-refractivity contribution < 1.29 is 9.72 Å². The van der Waals surface area contributed by atoms with Crippen LogP contribution in [0.15, 0.2) is 24.3 Å². The lowest BCUT2D eigenvalue weighted by Crippen LogP contribution is -2.55. The van der Waals surface area contributed by atoms with Gasteiger partial charge in [0.25, 0.3) is 5.69 Å². The van der Waals surface area contributed by atoms with Crippen molar-refractivity contribution in [1.29, 1.82) is 0 Å². The van der Waals surface area contributed by atoms with Gasteiger partial charge >= 0.3 is 0 Å². The van der Waals surface area contributed by atoms with Crippen LogP contribution in [0, 0.1) is 10.1 Å². The van der Waals surface area contributed by atoms with E-state index >= 15 is 0 Å². The molecule has 1 aliphatic rings. The van der Waals surface area contributed by atoms with Crippen molar-refractivity contribution in [3.05, 3.63) is 39.9 Å². The molecule has 0 atom stereocenters. The molecular weight excluding hydrogens is 306 g/mol. The normalized spacial score (nSPS) is 16.4. The van der Waals surface area contributed by atoms with Crippen LogP contribution in [0.5, 0.6) is 0 Å². The van der Waals surface area contributed by atoms with Gasteiger partial charge in [0, 0.05) is 18.7 Å². The summed E-state index contributed by atoms with van der Waals surface area (Å²) in [6, 6.07) is 6.37. The third-order valence-corrected chi connectivity index (χ3v) is 4.04. The molecule has 1 aromatic carbocycles. The molecule has 0 bridgehead atoms. The molecule has 1 fully saturated rings. The zero-order chi connectivity index (χ0) is 15.3. The molecule has 6 nitrogen and oxygen atoms in total. The van der Waals surface area contributed by atoms with Crippen LogP contribution in [0.2, 0.25) is 0 Å². The van der Waals surface area contributed by atoms with Crippen LogP contribution in [0.25, 0.3) is 0 Å². The summed E-state index contributed by atoms with van der Waals surface area (Å²) >= 11 is 0. The van der Waals surface area contributed by atoms with Crippen LogP contribution in [-0.2, 0) is 11.2 Å². The lowest BCUT2D eigenvalue weighted by molar-refractivity contribution is -0.384. The fourth-order valence-electron chi connectivity index (χ4n) is 2.69. The second kappa shape index (κ2) is 8.10. The van der Waals surface area contributed by atoms with Crippen LogP contribution in [0.3, 0.4) is 0 Å². The minimum atomic E-state index is -0.715. The Morgan fingerprint density at radius 2 is 1.82 bits per heavy atom. The maximum absolute atomic E-state index is 12.1. The zero-order valence-electron chi connectivity index (χ0n) is 12.4. The first-order valence-electron chi connectivity index (χ1n) is 7.32. The lowest BCUT2D eigenvalue weighted by Gasteiger charge is -2.31. The van der Waals surface area contributed by atoms with Gasteiger partial charge in [-0.2, -0.15) is 0 Å². The summed E-state index contributed by atoms with van der Waals surface area (Å²) in [5.74, 6) is -0.0795. The first-order chi connectivity index (χ1) is 10.0. The molecule has 0 radical (unpaired) electrons. The van der Waals surface area contributed by atoms with Crippen LogP contribution >= 0.6 is 12.4 Å². The number of nitrogens with two attached hydrogens (primary N) is 1. The molecule has 22 heavy (non-hydrogen) atoms. The number of nitro benzene ring substituents is 1. The van der Waals surface area contributed by atoms with E-state index in [1.807, 2.05) is 0 Å². The highest BCUT2D eigenvalue weighted by Gasteiger charge is 2.34. The van der Waals surface area contributed by atoms with Gasteiger partial charge in [-0.1, -0.05) is 31.4 Å². The standard InChI is InChI=1S/C15H21N3O3.ClH/c16-15(9-2-1-3-10-15)14(19)17-11-8-12-4-6-13(7-5-12)18(20)21;/h4-7H,1-3,8-11,16H2,(H,17,19);1H. The van der Waals surface area contributed by atoms with Gasteiger partial charge in [0.05, 0.1) is 10.5 Å². The van der Waals surface area contributed by atoms with Crippen molar-refractivity contribution in [3.8, 4) is 0 Å². The Bertz CT molecular complexity index is 513. The topological polar surface area (TPSA) is 98.3 Å². The molecule has 0 saturated heterocycles. The molecule has 1 aromatic rings. The average molecular weight is 328 g/mol. The van der Waals surface area contributed by atoms with Crippen molar-refractivity contribution in [1.82, 2.24) is 5.32 Å². The average Bonchev–Trinajstić information content (AvgIpc) is 2.48. The highest BCUT2D eigenvalue weighted by Crippen LogP contribution is 2.25. The fourth-order valence-corrected chi connectivity index (χ4v) is 2.69. The van der Waals surface area contributed by atoms with E-state index in [0.717, 1.165) is 37.7 Å². The maximum atomic E-state index is 12.1. The fraction of sp³-hybridized carbons (Fsp3) is 0.533. The van der Waals surface area contributed by atoms with Gasteiger partial charge in [-0.15, -0.1) is 12.4 Å². The Hall–Kier alpha value is -1.66. The lowest BCUT2D eigenvalue weighted by atomic mass is 9.82. The van der Waals surface area contributed by atoms with Crippen molar-refractivity contribution in [2.45, 2.75) is 44.1 Å². The van der Waals surface area contributed by atoms with E-state index in [9.17, 15) is 14.9 Å². The summed E-state index contributed by atoms with van der Waals surface area (Å²) in [6.45, 7) is 0.496. The van der Waals surface area contributed by atoms with Gasteiger partial charge < -0.3 is 11.1 Å². The smallest absolute Gasteiger partial charge is 0.269 e. The maximum Gasteiger partial charge on any atom is 0.269 e. The second-order valence-corrected chi connectivity index (χ2v) is 5.65. The number of halogens is 1. The quantitative estimate of drug-likeness (QED) is 0.640. The van der Waals surface area contributed by atoms with Crippen LogP contribution < -0.4 is 11.1 Å². The van der Waals surface area contributed by atoms with Gasteiger partial charge in [0.15, 0.2) is 0 Å². The second-order valence-electron chi connectivity index (χ2n) is 5.65. The predicted octanol–water partition coefficient (Wildman–Crippen LogP) is 2.34. The molecular formula is C15H22ClN3O3. The van der Waals surface area contributed by atoms with E-state index in [2.05, 4.69) is 5.32 Å². The number of carbonyl (C=O) groups is 1. The first kappa shape index (κ1) is 18.4. The number of nitro groups is 1. The molecule has 3 N–H and O–H groups in total. The Morgan fingerprint density at radius 3 is 2.36 bits per heavy atom. The van der Waals surface area contributed by atoms with Gasteiger partial charge in [0.2, 0.25) is 5.91 Å². The van der Waals surface area contributed by atoms with Crippen molar-refractivity contribution in [2.24, 2.45) is 5.73 Å². The third-order valence-electron chi connectivity index (χ3n) is 4.04. The predicted molar refractivity (Wildman–Crippen MR) is 87.1 cm³/mol. The van der Waals surface area contributed by atoms with Crippen LogP contribution in [0.1, 0.15) is 37.7 Å². The van der Waals surface area contributed by atoms with Crippen LogP contribution in [-0.4, -0.2) is 22.9 Å². The van der Waals surface area contributed by atoms with E-state index in [1.54, 1.807) is 12.1 Å². The Labute approximate surface area is 136 Å². The highest BCUT2D eigenvalue weighted by atomic mass is 35.5. The van der Waals surface area contributed by atoms with E-state index in [1.165, 1.54) is 12.1 Å². The van der Waals surface area contributed by atoms with E-state index in [4.69, 9.17) is 5.73 Å². The van der Waals surface area contributed by atoms with E-state index in [-0.39, 0.29) is 24.0 Å². The Balaban J connectivity index is 0.00000242. The third kappa shape index (κ3) is 4.68. The van der Waals surface area contributed by atoms with Crippen molar-refractivity contribution in [3.63, 3.8) is 0 Å². The Kier molecular flexibility index (Phi) is 6.77. The van der Waals surface area contributed by atoms with E-state index in [0.29, 0.717) is 13.0 Å². The molecule has 0 heterocycles. The molecule has 0 unspecified atom stereocenters. The summed E-state index contributed by atoms with van der Waals surface area (Å²) in [6.07, 6.45) is 5.29. The summed E-state index contributed by atoms with van der Waals surface area (Å²) in [7, 11) is 0. The summed E-state index contributed by atoms with van der Waals surface area (Å²) in [4.78, 5) is 22.3. The first-order valence-corrected chi connectivity index (χ1v) is 7.32. The molecule has 0 aliphatic heterocycles. The molecule has 1 saturated carbocycles. The monoisotopic (exact) mass is 327 g/mol. The molecule has 1 amide bonds. The number of hydrogen-bond acceptors (Lipinski definition) is 4. The van der Waals surface area contributed by atoms with Gasteiger partial charge in [0.1, 0.15) is 0 Å². The molecule has 2 rings (SSSR count). The number of non-ortho nitro benzene ring substituents is 1. The van der Waals surface area contributed by atoms with Gasteiger partial charge in [-0.25, -0.2) is 0 Å². The molecule has 7 heteroatoms. The summed E-state index contributed by atoms with van der Waals surface area (Å²) in [5, 5.41) is 13.4. The number of benzene rings is 1. The largest absolute Gasteiger partial charge is 0.354 e. The highest BCUT2D eigenvalue weighted by molar-refractivity contribution is 5.86. The minimum Gasteiger partial charge on any atom is -0.354 e. The molecule has 122 valence electrons. The molecule has 0 spiro atoms. The number of rotatable bonds is 5. The zero-order valence-corrected chi connectivity index (χ0v) is 13.2. The Morgan fingerprint density at radius 1 is 1.23 bits per heavy atom. The number of amides is 1. The van der Waals surface area contributed by atoms with E-state index < -0.39 is 10.5 Å². The summed E-state index contributed by atoms with van der Waals surface area (Å²) in [5.41, 5.74) is 6.46. The van der Waals surface area contributed by atoms with Gasteiger partial charge in [-0.3, -0.25) is 14.9 Å². The van der Waals surface area contributed by atoms with Crippen molar-refractivity contribution >= 4 is 24.0 Å². The number of nitrogens with one attached hydrogen (secondary N) is 1. The van der Waals surface area contributed by atoms with Crippen molar-refractivity contribution in [2.75, 3.05) is 6.54 Å². The number of carbonyl (C=O) groups excluding carboxylic acids is 1. The SMILES string of the molecule is Cl.NC1(C(=O)NCCc2ccc([N+](=O)[O-])cc2)CCCCC1. The van der Waals surface area contributed by atoms with Gasteiger partial charge in [-0.05, 0) is 24.8 Å². The number of hydrogen-bond donors (Lipinski definition) is 2. The molecule has 0 aromatic heterocycles. The number of nitrogens with zero attached hydrogens (tertiary/aromatic N) is 1. The minimum absolute atomic E-state index is 0.